The van der Waals surface area contributed by atoms with Crippen molar-refractivity contribution in [3.8, 4) is 5.75 Å². The molecule has 0 bridgehead atoms. The van der Waals surface area contributed by atoms with Crippen LogP contribution < -0.4 is 9.99 Å². The van der Waals surface area contributed by atoms with Gasteiger partial charge in [-0.2, -0.15) is 4.33 Å². The standard InChI is InChI=1S/C7H5F3O4S/c8-7(9,10)12-5-1-3-6(4-2-5)15-14-13-11/h1-4,11H/p-1. The molecule has 84 valence electrons. The van der Waals surface area contributed by atoms with Crippen molar-refractivity contribution in [1.82, 2.24) is 0 Å². The van der Waals surface area contributed by atoms with Crippen LogP contribution in [-0.4, -0.2) is 6.36 Å². The smallest absolute Gasteiger partial charge is 0.573 e. The van der Waals surface area contributed by atoms with Crippen LogP contribution in [-0.2, 0) is 9.37 Å². The Balaban J connectivity index is 2.56. The highest BCUT2D eigenvalue weighted by atomic mass is 32.2. The molecule has 0 aliphatic heterocycles. The summed E-state index contributed by atoms with van der Waals surface area (Å²) in [6.07, 6.45) is -4.72. The lowest BCUT2D eigenvalue weighted by atomic mass is 10.3. The SMILES string of the molecule is [O-]OOSc1ccc(OC(F)(F)F)cc1. The van der Waals surface area contributed by atoms with Crippen LogP contribution in [0.4, 0.5) is 13.2 Å². The first kappa shape index (κ1) is 12.1. The molecule has 0 atom stereocenters. The van der Waals surface area contributed by atoms with E-state index in [0.717, 1.165) is 12.1 Å². The van der Waals surface area contributed by atoms with Crippen molar-refractivity contribution in [3.63, 3.8) is 0 Å². The zero-order valence-corrected chi connectivity index (χ0v) is 7.80. The van der Waals surface area contributed by atoms with Crippen molar-refractivity contribution >= 4 is 12.0 Å². The van der Waals surface area contributed by atoms with E-state index < -0.39 is 6.36 Å². The highest BCUT2D eigenvalue weighted by Crippen LogP contribution is 2.26. The predicted octanol–water partition coefficient (Wildman–Crippen LogP) is 1.82. The minimum Gasteiger partial charge on any atom is -0.691 e. The fourth-order valence-electron chi connectivity index (χ4n) is 0.750. The second kappa shape index (κ2) is 5.21. The third-order valence-electron chi connectivity index (χ3n) is 1.22. The molecule has 0 saturated carbocycles. The number of hydrogen-bond acceptors (Lipinski definition) is 5. The van der Waals surface area contributed by atoms with E-state index in [0.29, 0.717) is 16.9 Å². The van der Waals surface area contributed by atoms with Crippen molar-refractivity contribution in [2.75, 3.05) is 0 Å². The topological polar surface area (TPSA) is 50.8 Å². The van der Waals surface area contributed by atoms with Gasteiger partial charge in [-0.15, -0.1) is 13.2 Å². The molecule has 0 aliphatic rings. The van der Waals surface area contributed by atoms with Gasteiger partial charge < -0.3 is 9.99 Å². The summed E-state index contributed by atoms with van der Waals surface area (Å²) in [7, 11) is 0. The van der Waals surface area contributed by atoms with E-state index >= 15 is 0 Å². The number of hydrogen-bond donors (Lipinski definition) is 0. The summed E-state index contributed by atoms with van der Waals surface area (Å²) in [5.74, 6) is -0.352. The van der Waals surface area contributed by atoms with Gasteiger partial charge in [0.2, 0.25) is 0 Å². The van der Waals surface area contributed by atoms with Crippen LogP contribution in [0.25, 0.3) is 0 Å². The van der Waals surface area contributed by atoms with Crippen LogP contribution in [0, 0.1) is 0 Å². The number of ether oxygens (including phenoxy) is 1. The van der Waals surface area contributed by atoms with Gasteiger partial charge in [-0.1, -0.05) is 0 Å². The Labute approximate surface area is 86.6 Å². The van der Waals surface area contributed by atoms with Crippen molar-refractivity contribution in [2.45, 2.75) is 11.3 Å². The summed E-state index contributed by atoms with van der Waals surface area (Å²) in [6.45, 7) is 0. The molecule has 0 saturated heterocycles. The van der Waals surface area contributed by atoms with E-state index in [1.807, 2.05) is 0 Å². The summed E-state index contributed by atoms with van der Waals surface area (Å²) in [4.78, 5) is 0.403. The molecule has 8 heteroatoms. The second-order valence-corrected chi connectivity index (χ2v) is 3.01. The van der Waals surface area contributed by atoms with Gasteiger partial charge in [-0.05, 0) is 24.3 Å². The first-order chi connectivity index (χ1) is 7.01. The zero-order valence-electron chi connectivity index (χ0n) is 6.98. The van der Waals surface area contributed by atoms with Crippen LogP contribution in [0.1, 0.15) is 0 Å². The second-order valence-electron chi connectivity index (χ2n) is 2.24. The fraction of sp³-hybridized carbons (Fsp3) is 0.143. The third-order valence-corrected chi connectivity index (χ3v) is 1.80. The van der Waals surface area contributed by atoms with Crippen LogP contribution in [0.15, 0.2) is 29.2 Å². The van der Waals surface area contributed by atoms with Gasteiger partial charge in [-0.3, -0.25) is 5.04 Å². The lowest BCUT2D eigenvalue weighted by Gasteiger charge is -2.09. The van der Waals surface area contributed by atoms with E-state index in [2.05, 4.69) is 14.1 Å². The number of halogens is 3. The quantitative estimate of drug-likeness (QED) is 0.457. The van der Waals surface area contributed by atoms with Crippen molar-refractivity contribution < 1.29 is 32.5 Å². The molecule has 0 radical (unpaired) electrons. The van der Waals surface area contributed by atoms with Crippen LogP contribution in [0.5, 0.6) is 5.75 Å². The molecule has 0 heterocycles. The molecule has 0 spiro atoms. The molecule has 15 heavy (non-hydrogen) atoms. The van der Waals surface area contributed by atoms with E-state index in [9.17, 15) is 18.4 Å². The minimum atomic E-state index is -4.72. The molecule has 0 unspecified atom stereocenters. The fourth-order valence-corrected chi connectivity index (χ4v) is 1.10. The first-order valence-electron chi connectivity index (χ1n) is 3.50. The first-order valence-corrected chi connectivity index (χ1v) is 4.24. The molecule has 1 aromatic carbocycles. The molecular formula is C7H4F3O4S-. The highest BCUT2D eigenvalue weighted by Gasteiger charge is 2.30. The monoisotopic (exact) mass is 241 g/mol. The summed E-state index contributed by atoms with van der Waals surface area (Å²) in [5, 5.41) is 12.5. The summed E-state index contributed by atoms with van der Waals surface area (Å²) in [6, 6.07) is 4.74. The average molecular weight is 241 g/mol. The van der Waals surface area contributed by atoms with Crippen molar-refractivity contribution in [2.24, 2.45) is 0 Å². The largest absolute Gasteiger partial charge is 0.691 e. The maximum atomic E-state index is 11.7. The Morgan fingerprint density at radius 3 is 2.20 bits per heavy atom. The Hall–Kier alpha value is -0.960. The average Bonchev–Trinajstić information content (AvgIpc) is 2.14. The molecule has 4 nitrogen and oxygen atoms in total. The van der Waals surface area contributed by atoms with Crippen LogP contribution in [0.2, 0.25) is 0 Å². The molecule has 1 rings (SSSR count). The molecule has 0 aliphatic carbocycles. The maximum absolute atomic E-state index is 11.7. The predicted molar refractivity (Wildman–Crippen MR) is 41.2 cm³/mol. The molecule has 0 aromatic heterocycles. The minimum absolute atomic E-state index is 0.352. The van der Waals surface area contributed by atoms with Gasteiger partial charge in [0.15, 0.2) is 0 Å². The lowest BCUT2D eigenvalue weighted by molar-refractivity contribution is -0.777. The summed E-state index contributed by atoms with van der Waals surface area (Å²) >= 11 is 0.576. The molecule has 1 aromatic rings. The van der Waals surface area contributed by atoms with Gasteiger partial charge in [0, 0.05) is 4.90 Å². The number of rotatable bonds is 4. The highest BCUT2D eigenvalue weighted by molar-refractivity contribution is 7.94. The normalized spacial score (nSPS) is 11.5. The van der Waals surface area contributed by atoms with E-state index in [4.69, 9.17) is 0 Å². The Morgan fingerprint density at radius 1 is 1.13 bits per heavy atom. The number of alkyl halides is 3. The van der Waals surface area contributed by atoms with Gasteiger partial charge in [0.1, 0.15) is 5.75 Å². The molecule has 0 amide bonds. The summed E-state index contributed by atoms with van der Waals surface area (Å²) < 4.78 is 42.8. The molecule has 0 N–H and O–H groups in total. The Morgan fingerprint density at radius 2 is 1.73 bits per heavy atom. The Bertz CT molecular complexity index is 300. The molecular weight excluding hydrogens is 237 g/mol. The zero-order chi connectivity index (χ0) is 11.3. The van der Waals surface area contributed by atoms with E-state index in [1.54, 1.807) is 0 Å². The van der Waals surface area contributed by atoms with Gasteiger partial charge in [-0.25, -0.2) is 0 Å². The van der Waals surface area contributed by atoms with Gasteiger partial charge in [0.05, 0.1) is 12.0 Å². The van der Waals surface area contributed by atoms with Crippen molar-refractivity contribution in [3.05, 3.63) is 24.3 Å². The summed E-state index contributed by atoms with van der Waals surface area (Å²) in [5.41, 5.74) is 0. The van der Waals surface area contributed by atoms with Crippen molar-refractivity contribution in [1.29, 1.82) is 0 Å². The molecule has 0 fully saturated rings. The Kier molecular flexibility index (Phi) is 4.21. The van der Waals surface area contributed by atoms with E-state index in [1.165, 1.54) is 12.1 Å². The third kappa shape index (κ3) is 4.88. The number of benzene rings is 1. The van der Waals surface area contributed by atoms with Gasteiger partial charge in [0.25, 0.3) is 0 Å². The maximum Gasteiger partial charge on any atom is 0.573 e. The lowest BCUT2D eigenvalue weighted by Crippen LogP contribution is -2.16. The van der Waals surface area contributed by atoms with Crippen LogP contribution in [0.3, 0.4) is 0 Å². The van der Waals surface area contributed by atoms with Gasteiger partial charge >= 0.3 is 6.36 Å². The van der Waals surface area contributed by atoms with Crippen LogP contribution >= 0.6 is 12.0 Å². The van der Waals surface area contributed by atoms with E-state index in [-0.39, 0.29) is 5.75 Å².